The third-order valence-electron chi connectivity index (χ3n) is 2.98. The maximum Gasteiger partial charge on any atom is 0.134 e. The fraction of sp³-hybridized carbons (Fsp3) is 0.200. The second-order valence-corrected chi connectivity index (χ2v) is 5.65. The number of nitrogens with two attached hydrogens (primary N) is 1. The predicted octanol–water partition coefficient (Wildman–Crippen LogP) is 2.60. The first-order chi connectivity index (χ1) is 9.67. The molecular weight excluding hydrogens is 277 g/mol. The van der Waals surface area contributed by atoms with Crippen molar-refractivity contribution in [2.45, 2.75) is 17.2 Å². The van der Waals surface area contributed by atoms with Crippen molar-refractivity contribution in [1.82, 2.24) is 0 Å². The van der Waals surface area contributed by atoms with E-state index in [1.54, 1.807) is 42.5 Å². The van der Waals surface area contributed by atoms with Crippen LogP contribution in [0.3, 0.4) is 0 Å². The first-order valence-electron chi connectivity index (χ1n) is 6.15. The van der Waals surface area contributed by atoms with Gasteiger partial charge in [0.15, 0.2) is 0 Å². The van der Waals surface area contributed by atoms with Gasteiger partial charge in [0.1, 0.15) is 11.6 Å². The predicted molar refractivity (Wildman–Crippen MR) is 77.4 cm³/mol. The van der Waals surface area contributed by atoms with Gasteiger partial charge in [0.2, 0.25) is 0 Å². The minimum absolute atomic E-state index is 0.0973. The van der Waals surface area contributed by atoms with Gasteiger partial charge < -0.3 is 10.5 Å². The summed E-state index contributed by atoms with van der Waals surface area (Å²) in [6.07, 6.45) is 0. The van der Waals surface area contributed by atoms with Crippen molar-refractivity contribution in [3.8, 4) is 5.75 Å². The Kier molecular flexibility index (Phi) is 4.87. The van der Waals surface area contributed by atoms with Crippen molar-refractivity contribution >= 4 is 10.8 Å². The van der Waals surface area contributed by atoms with Gasteiger partial charge in [0.05, 0.1) is 28.6 Å². The van der Waals surface area contributed by atoms with Crippen LogP contribution in [0.4, 0.5) is 4.39 Å². The number of halogens is 1. The zero-order valence-electron chi connectivity index (χ0n) is 11.1. The van der Waals surface area contributed by atoms with E-state index in [0.717, 1.165) is 0 Å². The van der Waals surface area contributed by atoms with Crippen LogP contribution in [0, 0.1) is 5.82 Å². The fourth-order valence-corrected chi connectivity index (χ4v) is 3.20. The Morgan fingerprint density at radius 2 is 1.85 bits per heavy atom. The number of hydrogen-bond donors (Lipinski definition) is 1. The maximum absolute atomic E-state index is 14.1. The lowest BCUT2D eigenvalue weighted by Crippen LogP contribution is -2.05. The van der Waals surface area contributed by atoms with Crippen LogP contribution in [0.5, 0.6) is 5.75 Å². The number of rotatable bonds is 5. The zero-order chi connectivity index (χ0) is 14.5. The molecule has 2 aromatic carbocycles. The standard InChI is InChI=1S/C15H16FNO2S/c1-19-13-7-2-3-8-14(13)20(18)10-12-6-4-5-11(9-17)15(12)16/h2-8H,9-10,17H2,1H3. The first kappa shape index (κ1) is 14.7. The Morgan fingerprint density at radius 1 is 1.15 bits per heavy atom. The molecule has 0 radical (unpaired) electrons. The lowest BCUT2D eigenvalue weighted by Gasteiger charge is -2.09. The molecule has 1 unspecified atom stereocenters. The molecule has 0 aliphatic carbocycles. The average molecular weight is 293 g/mol. The number of ether oxygens (including phenoxy) is 1. The lowest BCUT2D eigenvalue weighted by atomic mass is 10.1. The third-order valence-corrected chi connectivity index (χ3v) is 4.38. The van der Waals surface area contributed by atoms with Crippen LogP contribution >= 0.6 is 0 Å². The van der Waals surface area contributed by atoms with Gasteiger partial charge in [-0.2, -0.15) is 0 Å². The number of para-hydroxylation sites is 1. The second-order valence-electron chi connectivity index (χ2n) is 4.24. The van der Waals surface area contributed by atoms with Crippen LogP contribution < -0.4 is 10.5 Å². The molecule has 0 amide bonds. The smallest absolute Gasteiger partial charge is 0.134 e. The molecule has 0 heterocycles. The van der Waals surface area contributed by atoms with Crippen molar-refractivity contribution in [2.75, 3.05) is 7.11 Å². The van der Waals surface area contributed by atoms with Gasteiger partial charge in [-0.05, 0) is 12.1 Å². The Labute approximate surface area is 120 Å². The normalized spacial score (nSPS) is 12.2. The van der Waals surface area contributed by atoms with E-state index < -0.39 is 10.8 Å². The summed E-state index contributed by atoms with van der Waals surface area (Å²) in [6, 6.07) is 12.0. The van der Waals surface area contributed by atoms with Gasteiger partial charge >= 0.3 is 0 Å². The number of benzene rings is 2. The molecule has 3 nitrogen and oxygen atoms in total. The molecule has 0 bridgehead atoms. The molecule has 0 aromatic heterocycles. The Morgan fingerprint density at radius 3 is 2.55 bits per heavy atom. The summed E-state index contributed by atoms with van der Waals surface area (Å²) >= 11 is 0. The van der Waals surface area contributed by atoms with E-state index in [2.05, 4.69) is 0 Å². The zero-order valence-corrected chi connectivity index (χ0v) is 12.0. The van der Waals surface area contributed by atoms with Crippen molar-refractivity contribution in [1.29, 1.82) is 0 Å². The quantitative estimate of drug-likeness (QED) is 0.922. The van der Waals surface area contributed by atoms with Gasteiger partial charge in [0.25, 0.3) is 0 Å². The highest BCUT2D eigenvalue weighted by molar-refractivity contribution is 7.84. The van der Waals surface area contributed by atoms with Crippen molar-refractivity contribution in [2.24, 2.45) is 5.73 Å². The Hall–Kier alpha value is -1.72. The summed E-state index contributed by atoms with van der Waals surface area (Å²) in [4.78, 5) is 0.563. The van der Waals surface area contributed by atoms with Crippen LogP contribution in [0.15, 0.2) is 47.4 Å². The largest absolute Gasteiger partial charge is 0.495 e. The Bertz CT molecular complexity index is 631. The topological polar surface area (TPSA) is 52.3 Å². The molecule has 2 aromatic rings. The molecule has 0 saturated heterocycles. The molecule has 2 rings (SSSR count). The van der Waals surface area contributed by atoms with Gasteiger partial charge in [-0.3, -0.25) is 4.21 Å². The summed E-state index contributed by atoms with van der Waals surface area (Å²) < 4.78 is 31.6. The monoisotopic (exact) mass is 293 g/mol. The molecule has 0 spiro atoms. The highest BCUT2D eigenvalue weighted by Crippen LogP contribution is 2.24. The highest BCUT2D eigenvalue weighted by atomic mass is 32.2. The van der Waals surface area contributed by atoms with E-state index in [0.29, 0.717) is 21.8 Å². The van der Waals surface area contributed by atoms with E-state index in [9.17, 15) is 8.60 Å². The maximum atomic E-state index is 14.1. The molecule has 0 saturated carbocycles. The SMILES string of the molecule is COc1ccccc1S(=O)Cc1cccc(CN)c1F. The molecule has 0 aliphatic rings. The first-order valence-corrected chi connectivity index (χ1v) is 7.47. The van der Waals surface area contributed by atoms with E-state index >= 15 is 0 Å². The molecule has 106 valence electrons. The van der Waals surface area contributed by atoms with Gasteiger partial charge in [-0.1, -0.05) is 30.3 Å². The van der Waals surface area contributed by atoms with Gasteiger partial charge in [-0.25, -0.2) is 4.39 Å². The average Bonchev–Trinajstić information content (AvgIpc) is 2.49. The number of methoxy groups -OCH3 is 1. The lowest BCUT2D eigenvalue weighted by molar-refractivity contribution is 0.404. The summed E-state index contributed by atoms with van der Waals surface area (Å²) in [5.41, 5.74) is 6.30. The van der Waals surface area contributed by atoms with Crippen molar-refractivity contribution in [3.63, 3.8) is 0 Å². The molecule has 1 atom stereocenters. The summed E-state index contributed by atoms with van der Waals surface area (Å²) in [7, 11) is 0.147. The van der Waals surface area contributed by atoms with E-state index in [-0.39, 0.29) is 18.1 Å². The van der Waals surface area contributed by atoms with Crippen LogP contribution in [-0.2, 0) is 23.1 Å². The van der Waals surface area contributed by atoms with E-state index in [4.69, 9.17) is 10.5 Å². The van der Waals surface area contributed by atoms with Crippen LogP contribution in [-0.4, -0.2) is 11.3 Å². The highest BCUT2D eigenvalue weighted by Gasteiger charge is 2.14. The molecule has 5 heteroatoms. The summed E-state index contributed by atoms with van der Waals surface area (Å²) in [6.45, 7) is 0.126. The number of hydrogen-bond acceptors (Lipinski definition) is 3. The van der Waals surface area contributed by atoms with Crippen LogP contribution in [0.2, 0.25) is 0 Å². The molecule has 0 aliphatic heterocycles. The third kappa shape index (κ3) is 3.05. The van der Waals surface area contributed by atoms with E-state index in [1.165, 1.54) is 7.11 Å². The van der Waals surface area contributed by atoms with Gasteiger partial charge in [0, 0.05) is 17.7 Å². The van der Waals surface area contributed by atoms with Crippen LogP contribution in [0.1, 0.15) is 11.1 Å². The van der Waals surface area contributed by atoms with Gasteiger partial charge in [-0.15, -0.1) is 0 Å². The minimum atomic E-state index is -1.37. The Balaban J connectivity index is 2.28. The molecule has 2 N–H and O–H groups in total. The fourth-order valence-electron chi connectivity index (χ4n) is 1.93. The van der Waals surface area contributed by atoms with Crippen molar-refractivity contribution < 1.29 is 13.3 Å². The molecule has 20 heavy (non-hydrogen) atoms. The molecule has 0 fully saturated rings. The van der Waals surface area contributed by atoms with Crippen LogP contribution in [0.25, 0.3) is 0 Å². The minimum Gasteiger partial charge on any atom is -0.495 e. The molecular formula is C15H16FNO2S. The second kappa shape index (κ2) is 6.63. The van der Waals surface area contributed by atoms with E-state index in [1.807, 2.05) is 0 Å². The van der Waals surface area contributed by atoms with Crippen molar-refractivity contribution in [3.05, 3.63) is 59.4 Å². The summed E-state index contributed by atoms with van der Waals surface area (Å²) in [5, 5.41) is 0. The summed E-state index contributed by atoms with van der Waals surface area (Å²) in [5.74, 6) is 0.263.